The molecule has 2 N–H and O–H groups in total. The molecule has 1 aromatic carbocycles. The van der Waals surface area contributed by atoms with Gasteiger partial charge in [-0.05, 0) is 24.6 Å². The molecule has 0 aliphatic heterocycles. The van der Waals surface area contributed by atoms with E-state index in [1.807, 2.05) is 6.92 Å². The molecule has 0 atom stereocenters. The van der Waals surface area contributed by atoms with Gasteiger partial charge in [0.05, 0.1) is 0 Å². The van der Waals surface area contributed by atoms with Crippen LogP contribution >= 0.6 is 15.9 Å². The topological polar surface area (TPSA) is 40.5 Å². The van der Waals surface area contributed by atoms with E-state index in [4.69, 9.17) is 10.2 Å². The van der Waals surface area contributed by atoms with Crippen LogP contribution in [0.2, 0.25) is 0 Å². The summed E-state index contributed by atoms with van der Waals surface area (Å²) in [5.41, 5.74) is 0.898. The molecule has 1 aromatic rings. The van der Waals surface area contributed by atoms with Crippen LogP contribution in [0, 0.1) is 6.92 Å². The lowest BCUT2D eigenvalue weighted by molar-refractivity contribution is 0.403. The Morgan fingerprint density at radius 1 is 1.20 bits per heavy atom. The van der Waals surface area contributed by atoms with Crippen molar-refractivity contribution in [2.24, 2.45) is 0 Å². The van der Waals surface area contributed by atoms with Crippen LogP contribution < -0.4 is 0 Å². The maximum Gasteiger partial charge on any atom is 0.158 e. The van der Waals surface area contributed by atoms with Crippen molar-refractivity contribution in [2.75, 3.05) is 0 Å². The normalized spacial score (nSPS) is 9.80. The van der Waals surface area contributed by atoms with E-state index in [0.717, 1.165) is 10.0 Å². The summed E-state index contributed by atoms with van der Waals surface area (Å²) in [4.78, 5) is 0. The maximum absolute atomic E-state index is 8.95. The van der Waals surface area contributed by atoms with Crippen molar-refractivity contribution in [3.8, 4) is 11.5 Å². The van der Waals surface area contributed by atoms with Gasteiger partial charge in [0, 0.05) is 4.47 Å². The van der Waals surface area contributed by atoms with Gasteiger partial charge in [0.15, 0.2) is 11.5 Å². The van der Waals surface area contributed by atoms with E-state index in [2.05, 4.69) is 15.9 Å². The summed E-state index contributed by atoms with van der Waals surface area (Å²) in [5, 5.41) is 17.9. The van der Waals surface area contributed by atoms with Crippen molar-refractivity contribution >= 4 is 15.9 Å². The second-order valence-electron chi connectivity index (χ2n) is 2.09. The fraction of sp³-hybridized carbons (Fsp3) is 0.143. The molecule has 0 aromatic heterocycles. The summed E-state index contributed by atoms with van der Waals surface area (Å²) in [5.74, 6) is -0.182. The van der Waals surface area contributed by atoms with E-state index in [1.54, 1.807) is 0 Å². The van der Waals surface area contributed by atoms with Crippen LogP contribution in [0.1, 0.15) is 5.56 Å². The van der Waals surface area contributed by atoms with E-state index in [1.165, 1.54) is 12.1 Å². The van der Waals surface area contributed by atoms with Crippen molar-refractivity contribution in [1.82, 2.24) is 0 Å². The first-order valence-corrected chi connectivity index (χ1v) is 3.58. The number of benzene rings is 1. The van der Waals surface area contributed by atoms with E-state index in [9.17, 15) is 0 Å². The molecule has 54 valence electrons. The molecule has 0 aliphatic rings. The fourth-order valence-corrected chi connectivity index (χ4v) is 0.987. The zero-order valence-electron chi connectivity index (χ0n) is 5.43. The van der Waals surface area contributed by atoms with Crippen LogP contribution in [0.15, 0.2) is 16.6 Å². The Morgan fingerprint density at radius 2 is 1.70 bits per heavy atom. The maximum atomic E-state index is 8.95. The third-order valence-corrected chi connectivity index (χ3v) is 2.11. The summed E-state index contributed by atoms with van der Waals surface area (Å²) in [7, 11) is 0. The van der Waals surface area contributed by atoms with Gasteiger partial charge in [0.1, 0.15) is 0 Å². The molecule has 0 spiro atoms. The molecule has 2 nitrogen and oxygen atoms in total. The number of hydrogen-bond donors (Lipinski definition) is 2. The molecule has 0 saturated carbocycles. The van der Waals surface area contributed by atoms with Gasteiger partial charge in [-0.1, -0.05) is 15.9 Å². The minimum atomic E-state index is -0.0996. The van der Waals surface area contributed by atoms with Gasteiger partial charge in [-0.2, -0.15) is 0 Å². The van der Waals surface area contributed by atoms with Crippen LogP contribution in [0.25, 0.3) is 0 Å². The van der Waals surface area contributed by atoms with Gasteiger partial charge < -0.3 is 10.2 Å². The highest BCUT2D eigenvalue weighted by Crippen LogP contribution is 2.30. The molecule has 10 heavy (non-hydrogen) atoms. The lowest BCUT2D eigenvalue weighted by atomic mass is 10.2. The molecule has 0 unspecified atom stereocenters. The average molecular weight is 203 g/mol. The third kappa shape index (κ3) is 1.24. The Bertz CT molecular complexity index is 208. The van der Waals surface area contributed by atoms with Crippen LogP contribution in [0.4, 0.5) is 0 Å². The van der Waals surface area contributed by atoms with Crippen molar-refractivity contribution in [1.29, 1.82) is 0 Å². The van der Waals surface area contributed by atoms with Crippen LogP contribution in [0.3, 0.4) is 0 Å². The molecule has 0 heterocycles. The fourth-order valence-electron chi connectivity index (χ4n) is 0.656. The Balaban J connectivity index is 3.28. The van der Waals surface area contributed by atoms with E-state index < -0.39 is 0 Å². The SMILES string of the molecule is Cc1cc(O)c(O)cc1Br. The van der Waals surface area contributed by atoms with Gasteiger partial charge in [-0.15, -0.1) is 0 Å². The molecule has 3 heteroatoms. The lowest BCUT2D eigenvalue weighted by Gasteiger charge is -2.00. The van der Waals surface area contributed by atoms with Crippen LogP contribution in [-0.4, -0.2) is 10.2 Å². The summed E-state index contributed by atoms with van der Waals surface area (Å²) >= 11 is 3.21. The minimum absolute atomic E-state index is 0.0827. The molecule has 0 aliphatic carbocycles. The monoisotopic (exact) mass is 202 g/mol. The molecule has 0 bridgehead atoms. The number of hydrogen-bond acceptors (Lipinski definition) is 2. The molecular weight excluding hydrogens is 196 g/mol. The van der Waals surface area contributed by atoms with Gasteiger partial charge in [-0.25, -0.2) is 0 Å². The quantitative estimate of drug-likeness (QED) is 0.634. The summed E-state index contributed by atoms with van der Waals surface area (Å²) in [6, 6.07) is 2.96. The van der Waals surface area contributed by atoms with Gasteiger partial charge in [0.25, 0.3) is 0 Å². The van der Waals surface area contributed by atoms with E-state index in [0.29, 0.717) is 0 Å². The highest BCUT2D eigenvalue weighted by atomic mass is 79.9. The second kappa shape index (κ2) is 2.50. The second-order valence-corrected chi connectivity index (χ2v) is 2.94. The molecule has 0 fully saturated rings. The summed E-state index contributed by atoms with van der Waals surface area (Å²) in [6.07, 6.45) is 0. The Kier molecular flexibility index (Phi) is 1.85. The van der Waals surface area contributed by atoms with Crippen LogP contribution in [0.5, 0.6) is 11.5 Å². The predicted molar refractivity (Wildman–Crippen MR) is 42.2 cm³/mol. The van der Waals surface area contributed by atoms with Gasteiger partial charge in [-0.3, -0.25) is 0 Å². The van der Waals surface area contributed by atoms with E-state index in [-0.39, 0.29) is 11.5 Å². The summed E-state index contributed by atoms with van der Waals surface area (Å²) < 4.78 is 0.794. The van der Waals surface area contributed by atoms with E-state index >= 15 is 0 Å². The number of halogens is 1. The largest absolute Gasteiger partial charge is 0.504 e. The number of phenols is 2. The van der Waals surface area contributed by atoms with Crippen molar-refractivity contribution < 1.29 is 10.2 Å². The molecule has 0 amide bonds. The summed E-state index contributed by atoms with van der Waals surface area (Å²) in [6.45, 7) is 1.84. The Hall–Kier alpha value is -0.700. The molecule has 0 saturated heterocycles. The highest BCUT2D eigenvalue weighted by Gasteiger charge is 2.01. The first-order chi connectivity index (χ1) is 4.61. The number of phenolic OH excluding ortho intramolecular Hbond substituents is 2. The smallest absolute Gasteiger partial charge is 0.158 e. The zero-order valence-corrected chi connectivity index (χ0v) is 7.01. The zero-order chi connectivity index (χ0) is 7.72. The standard InChI is InChI=1S/C7H7BrO2/c1-4-2-6(9)7(10)3-5(4)8/h2-3,9-10H,1H3. The van der Waals surface area contributed by atoms with Crippen molar-refractivity contribution in [3.63, 3.8) is 0 Å². The number of aryl methyl sites for hydroxylation is 1. The number of aromatic hydroxyl groups is 2. The van der Waals surface area contributed by atoms with Crippen molar-refractivity contribution in [2.45, 2.75) is 6.92 Å². The Labute approximate surface area is 67.3 Å². The minimum Gasteiger partial charge on any atom is -0.504 e. The highest BCUT2D eigenvalue weighted by molar-refractivity contribution is 9.10. The first-order valence-electron chi connectivity index (χ1n) is 2.79. The Morgan fingerprint density at radius 3 is 2.20 bits per heavy atom. The predicted octanol–water partition coefficient (Wildman–Crippen LogP) is 2.17. The molecule has 1 rings (SSSR count). The molecule has 0 radical (unpaired) electrons. The van der Waals surface area contributed by atoms with Crippen LogP contribution in [-0.2, 0) is 0 Å². The first kappa shape index (κ1) is 7.41. The lowest BCUT2D eigenvalue weighted by Crippen LogP contribution is -1.75. The molecular formula is C7H7BrO2. The van der Waals surface area contributed by atoms with Crippen molar-refractivity contribution in [3.05, 3.63) is 22.2 Å². The van der Waals surface area contributed by atoms with Gasteiger partial charge >= 0.3 is 0 Å². The third-order valence-electron chi connectivity index (χ3n) is 1.26. The van der Waals surface area contributed by atoms with Gasteiger partial charge in [0.2, 0.25) is 0 Å². The number of rotatable bonds is 0. The average Bonchev–Trinajstić information content (AvgIpc) is 1.84.